The van der Waals surface area contributed by atoms with Gasteiger partial charge in [-0.05, 0) is 38.0 Å². The molecule has 0 saturated heterocycles. The Balaban J connectivity index is 1.47. The van der Waals surface area contributed by atoms with Crippen LogP contribution in [0.5, 0.6) is 0 Å². The van der Waals surface area contributed by atoms with Gasteiger partial charge in [-0.1, -0.05) is 36.7 Å². The van der Waals surface area contributed by atoms with Crippen molar-refractivity contribution in [3.63, 3.8) is 0 Å². The second-order valence-electron chi connectivity index (χ2n) is 8.21. The van der Waals surface area contributed by atoms with E-state index >= 15 is 0 Å². The SMILES string of the molecule is COC(=O)c1cc(C)nc2nc(SCC(=O)Nc3ccccc3C(=O)NC3CCCC3)[nH]c(=O)c12. The molecule has 1 saturated carbocycles. The Hall–Kier alpha value is -3.73. The van der Waals surface area contributed by atoms with E-state index in [4.69, 9.17) is 4.74 Å². The normalized spacial score (nSPS) is 13.5. The predicted octanol–water partition coefficient (Wildman–Crippen LogP) is 2.82. The highest BCUT2D eigenvalue weighted by Crippen LogP contribution is 2.22. The highest BCUT2D eigenvalue weighted by molar-refractivity contribution is 7.99. The van der Waals surface area contributed by atoms with Gasteiger partial charge in [-0.3, -0.25) is 14.4 Å². The van der Waals surface area contributed by atoms with Crippen LogP contribution in [0, 0.1) is 6.92 Å². The van der Waals surface area contributed by atoms with Crippen LogP contribution in [0.15, 0.2) is 40.3 Å². The van der Waals surface area contributed by atoms with Crippen molar-refractivity contribution in [2.24, 2.45) is 0 Å². The van der Waals surface area contributed by atoms with Crippen molar-refractivity contribution in [3.05, 3.63) is 57.5 Å². The highest BCUT2D eigenvalue weighted by Gasteiger charge is 2.21. The standard InChI is InChI=1S/C24H25N5O5S/c1-13-11-16(23(33)34-2)19-20(25-13)28-24(29-22(19)32)35-12-18(30)27-17-10-6-5-9-15(17)21(31)26-14-7-3-4-8-14/h5-6,9-11,14H,3-4,7-8,12H2,1-2H3,(H,26,31)(H,27,30)(H,25,28,29,32). The van der Waals surface area contributed by atoms with Crippen molar-refractivity contribution in [2.45, 2.75) is 43.8 Å². The van der Waals surface area contributed by atoms with Gasteiger partial charge in [-0.25, -0.2) is 14.8 Å². The molecule has 182 valence electrons. The molecule has 0 spiro atoms. The molecule has 10 nitrogen and oxygen atoms in total. The fourth-order valence-corrected chi connectivity index (χ4v) is 4.68. The number of aromatic amines is 1. The summed E-state index contributed by atoms with van der Waals surface area (Å²) in [6.07, 6.45) is 4.13. The molecule has 0 atom stereocenters. The number of esters is 1. The van der Waals surface area contributed by atoms with Crippen LogP contribution < -0.4 is 16.2 Å². The summed E-state index contributed by atoms with van der Waals surface area (Å²) in [6, 6.07) is 8.45. The van der Waals surface area contributed by atoms with Gasteiger partial charge in [0.25, 0.3) is 11.5 Å². The van der Waals surface area contributed by atoms with E-state index in [-0.39, 0.29) is 45.4 Å². The van der Waals surface area contributed by atoms with Crippen molar-refractivity contribution in [1.82, 2.24) is 20.3 Å². The van der Waals surface area contributed by atoms with Crippen LogP contribution in [0.3, 0.4) is 0 Å². The number of nitrogens with zero attached hydrogens (tertiary/aromatic N) is 2. The Bertz CT molecular complexity index is 1350. The molecule has 1 aliphatic rings. The van der Waals surface area contributed by atoms with Crippen molar-refractivity contribution < 1.29 is 19.1 Å². The number of hydrogen-bond acceptors (Lipinski definition) is 8. The van der Waals surface area contributed by atoms with Gasteiger partial charge >= 0.3 is 5.97 Å². The first-order chi connectivity index (χ1) is 16.9. The predicted molar refractivity (Wildman–Crippen MR) is 132 cm³/mol. The molecule has 11 heteroatoms. The van der Waals surface area contributed by atoms with Gasteiger partial charge in [0.1, 0.15) is 0 Å². The fourth-order valence-electron chi connectivity index (χ4n) is 4.03. The van der Waals surface area contributed by atoms with Crippen LogP contribution in [0.2, 0.25) is 0 Å². The minimum Gasteiger partial charge on any atom is -0.465 e. The summed E-state index contributed by atoms with van der Waals surface area (Å²) in [4.78, 5) is 61.2. The van der Waals surface area contributed by atoms with Gasteiger partial charge < -0.3 is 20.4 Å². The Morgan fingerprint density at radius 1 is 1.14 bits per heavy atom. The van der Waals surface area contributed by atoms with E-state index in [0.717, 1.165) is 37.4 Å². The van der Waals surface area contributed by atoms with Gasteiger partial charge in [0, 0.05) is 11.7 Å². The number of ether oxygens (including phenoxy) is 1. The number of carbonyl (C=O) groups is 3. The summed E-state index contributed by atoms with van der Waals surface area (Å²) in [7, 11) is 1.23. The first kappa shape index (κ1) is 24.4. The zero-order valence-electron chi connectivity index (χ0n) is 19.3. The number of fused-ring (bicyclic) bond motifs is 1. The first-order valence-corrected chi connectivity index (χ1v) is 12.2. The Morgan fingerprint density at radius 3 is 2.63 bits per heavy atom. The van der Waals surface area contributed by atoms with Crippen molar-refractivity contribution in [3.8, 4) is 0 Å². The number of carbonyl (C=O) groups excluding carboxylic acids is 3. The number of aromatic nitrogens is 3. The average molecular weight is 496 g/mol. The summed E-state index contributed by atoms with van der Waals surface area (Å²) in [5.41, 5.74) is 0.909. The molecule has 4 rings (SSSR count). The van der Waals surface area contributed by atoms with E-state index in [0.29, 0.717) is 16.9 Å². The molecule has 3 N–H and O–H groups in total. The maximum Gasteiger partial charge on any atom is 0.338 e. The number of methoxy groups -OCH3 is 1. The number of rotatable bonds is 7. The third-order valence-electron chi connectivity index (χ3n) is 5.66. The van der Waals surface area contributed by atoms with Crippen molar-refractivity contribution in [1.29, 1.82) is 0 Å². The molecule has 2 heterocycles. The lowest BCUT2D eigenvalue weighted by atomic mass is 10.1. The smallest absolute Gasteiger partial charge is 0.338 e. The molecule has 0 unspecified atom stereocenters. The van der Waals surface area contributed by atoms with Gasteiger partial charge in [-0.15, -0.1) is 0 Å². The van der Waals surface area contributed by atoms with Crippen molar-refractivity contribution in [2.75, 3.05) is 18.2 Å². The van der Waals surface area contributed by atoms with E-state index in [2.05, 4.69) is 25.6 Å². The minimum atomic E-state index is -0.664. The number of para-hydroxylation sites is 1. The second-order valence-corrected chi connectivity index (χ2v) is 9.17. The number of pyridine rings is 1. The Labute approximate surface area is 205 Å². The molecule has 0 bridgehead atoms. The molecule has 0 radical (unpaired) electrons. The summed E-state index contributed by atoms with van der Waals surface area (Å²) < 4.78 is 4.75. The zero-order valence-corrected chi connectivity index (χ0v) is 20.2. The quantitative estimate of drug-likeness (QED) is 0.258. The number of thioether (sulfide) groups is 1. The van der Waals surface area contributed by atoms with Crippen LogP contribution in [-0.4, -0.2) is 51.6 Å². The Morgan fingerprint density at radius 2 is 1.89 bits per heavy atom. The minimum absolute atomic E-state index is 0.0263. The van der Waals surface area contributed by atoms with Crippen LogP contribution in [0.25, 0.3) is 11.0 Å². The molecule has 2 amide bonds. The van der Waals surface area contributed by atoms with E-state index < -0.39 is 11.5 Å². The largest absolute Gasteiger partial charge is 0.465 e. The van der Waals surface area contributed by atoms with Gasteiger partial charge in [0.15, 0.2) is 10.8 Å². The van der Waals surface area contributed by atoms with Crippen LogP contribution >= 0.6 is 11.8 Å². The summed E-state index contributed by atoms with van der Waals surface area (Å²) >= 11 is 1.01. The summed E-state index contributed by atoms with van der Waals surface area (Å²) in [5.74, 6) is -1.32. The lowest BCUT2D eigenvalue weighted by molar-refractivity contribution is -0.113. The molecule has 2 aromatic heterocycles. The van der Waals surface area contributed by atoms with E-state index in [1.54, 1.807) is 31.2 Å². The Kier molecular flexibility index (Phi) is 7.45. The first-order valence-electron chi connectivity index (χ1n) is 11.2. The second kappa shape index (κ2) is 10.7. The average Bonchev–Trinajstić information content (AvgIpc) is 3.34. The van der Waals surface area contributed by atoms with Gasteiger partial charge in [0.2, 0.25) is 5.91 Å². The lowest BCUT2D eigenvalue weighted by Crippen LogP contribution is -2.33. The number of H-pyrrole nitrogens is 1. The summed E-state index contributed by atoms with van der Waals surface area (Å²) in [6.45, 7) is 1.68. The molecule has 1 aromatic carbocycles. The molecule has 3 aromatic rings. The molecule has 1 aliphatic carbocycles. The third-order valence-corrected chi connectivity index (χ3v) is 6.54. The molecule has 35 heavy (non-hydrogen) atoms. The summed E-state index contributed by atoms with van der Waals surface area (Å²) in [5, 5.41) is 5.99. The van der Waals surface area contributed by atoms with Gasteiger partial charge in [-0.2, -0.15) is 0 Å². The fraction of sp³-hybridized carbons (Fsp3) is 0.333. The van der Waals surface area contributed by atoms with Crippen LogP contribution in [0.4, 0.5) is 5.69 Å². The number of hydrogen-bond donors (Lipinski definition) is 3. The highest BCUT2D eigenvalue weighted by atomic mass is 32.2. The monoisotopic (exact) mass is 495 g/mol. The van der Waals surface area contributed by atoms with Crippen LogP contribution in [0.1, 0.15) is 52.1 Å². The maximum absolute atomic E-state index is 12.7. The van der Waals surface area contributed by atoms with Crippen molar-refractivity contribution >= 4 is 46.3 Å². The van der Waals surface area contributed by atoms with E-state index in [9.17, 15) is 19.2 Å². The number of benzene rings is 1. The molecular formula is C24H25N5O5S. The topological polar surface area (TPSA) is 143 Å². The molecule has 0 aliphatic heterocycles. The molecular weight excluding hydrogens is 470 g/mol. The van der Waals surface area contributed by atoms with E-state index in [1.165, 1.54) is 13.2 Å². The van der Waals surface area contributed by atoms with Gasteiger partial charge in [0.05, 0.1) is 35.1 Å². The number of amides is 2. The number of anilines is 1. The number of nitrogens with one attached hydrogen (secondary N) is 3. The molecule has 1 fully saturated rings. The zero-order chi connectivity index (χ0) is 24.9. The van der Waals surface area contributed by atoms with E-state index in [1.807, 2.05) is 0 Å². The third kappa shape index (κ3) is 5.68. The maximum atomic E-state index is 12.7. The number of aryl methyl sites for hydroxylation is 1. The lowest BCUT2D eigenvalue weighted by Gasteiger charge is -2.15. The van der Waals surface area contributed by atoms with Crippen LogP contribution in [-0.2, 0) is 9.53 Å².